The second-order valence-corrected chi connectivity index (χ2v) is 7.95. The Kier molecular flexibility index (Phi) is 3.44. The second-order valence-electron chi connectivity index (χ2n) is 6.08. The summed E-state index contributed by atoms with van der Waals surface area (Å²) in [5.74, 6) is 0. The van der Waals surface area contributed by atoms with Crippen LogP contribution in [-0.2, 0) is 23.0 Å². The summed E-state index contributed by atoms with van der Waals surface area (Å²) in [4.78, 5) is 30.6. The van der Waals surface area contributed by atoms with Crippen molar-refractivity contribution in [1.29, 1.82) is 0 Å². The van der Waals surface area contributed by atoms with E-state index >= 15 is 0 Å². The van der Waals surface area contributed by atoms with Crippen LogP contribution in [0.5, 0.6) is 0 Å². The van der Waals surface area contributed by atoms with Crippen LogP contribution in [0.3, 0.4) is 0 Å². The summed E-state index contributed by atoms with van der Waals surface area (Å²) in [7, 11) is -4.02. The molecule has 0 radical (unpaired) electrons. The Hall–Kier alpha value is -2.65. The Morgan fingerprint density at radius 3 is 2.60 bits per heavy atom. The van der Waals surface area contributed by atoms with E-state index < -0.39 is 26.2 Å². The molecule has 4 rings (SSSR count). The molecule has 3 N–H and O–H groups in total. The topological polar surface area (TPSA) is 119 Å². The maximum atomic E-state index is 13.0. The quantitative estimate of drug-likeness (QED) is 0.620. The first-order valence-electron chi connectivity index (χ1n) is 7.80. The highest BCUT2D eigenvalue weighted by Crippen LogP contribution is 2.30. The normalized spacial score (nSPS) is 15.4. The summed E-state index contributed by atoms with van der Waals surface area (Å²) in [6, 6.07) is 7.71. The third-order valence-electron chi connectivity index (χ3n) is 4.52. The number of nitrogens with one attached hydrogen (secondary N) is 3. The molecule has 3 heterocycles. The molecular formula is C16H16N4O4S. The van der Waals surface area contributed by atoms with Crippen LogP contribution in [0.1, 0.15) is 17.0 Å². The molecule has 3 aromatic rings. The van der Waals surface area contributed by atoms with Gasteiger partial charge in [-0.25, -0.2) is 13.2 Å². The molecule has 0 fully saturated rings. The minimum atomic E-state index is -4.02. The van der Waals surface area contributed by atoms with E-state index in [-0.39, 0.29) is 18.8 Å². The van der Waals surface area contributed by atoms with Crippen molar-refractivity contribution >= 4 is 20.9 Å². The molecule has 0 amide bonds. The smallest absolute Gasteiger partial charge is 0.325 e. The van der Waals surface area contributed by atoms with Gasteiger partial charge in [-0.3, -0.25) is 9.78 Å². The second kappa shape index (κ2) is 5.43. The van der Waals surface area contributed by atoms with E-state index in [4.69, 9.17) is 0 Å². The number of aromatic nitrogens is 3. The lowest BCUT2D eigenvalue weighted by Crippen LogP contribution is -2.40. The number of H-pyrrole nitrogens is 3. The van der Waals surface area contributed by atoms with Gasteiger partial charge in [0.05, 0.1) is 0 Å². The minimum Gasteiger partial charge on any atom is -0.358 e. The zero-order valence-electron chi connectivity index (χ0n) is 13.4. The van der Waals surface area contributed by atoms with Gasteiger partial charge in [-0.05, 0) is 18.6 Å². The largest absolute Gasteiger partial charge is 0.358 e. The molecule has 0 bridgehead atoms. The molecule has 0 saturated heterocycles. The summed E-state index contributed by atoms with van der Waals surface area (Å²) in [6.07, 6.45) is 0.531. The maximum Gasteiger partial charge on any atom is 0.325 e. The highest BCUT2D eigenvalue weighted by Gasteiger charge is 2.33. The van der Waals surface area contributed by atoms with Crippen molar-refractivity contribution in [3.63, 3.8) is 0 Å². The Balaban J connectivity index is 1.81. The molecule has 8 nitrogen and oxygen atoms in total. The molecule has 1 aromatic carbocycles. The lowest BCUT2D eigenvalue weighted by molar-refractivity contribution is 0.390. The summed E-state index contributed by atoms with van der Waals surface area (Å²) < 4.78 is 27.2. The number of rotatable bonds is 2. The van der Waals surface area contributed by atoms with Crippen LogP contribution < -0.4 is 11.2 Å². The number of hydrogen-bond donors (Lipinski definition) is 3. The van der Waals surface area contributed by atoms with Crippen LogP contribution in [0, 0.1) is 6.92 Å². The Morgan fingerprint density at radius 2 is 1.84 bits per heavy atom. The lowest BCUT2D eigenvalue weighted by Gasteiger charge is -2.26. The van der Waals surface area contributed by atoms with Gasteiger partial charge in [0.15, 0.2) is 4.90 Å². The van der Waals surface area contributed by atoms with Gasteiger partial charge in [-0.2, -0.15) is 4.31 Å². The van der Waals surface area contributed by atoms with E-state index in [9.17, 15) is 18.0 Å². The van der Waals surface area contributed by atoms with Gasteiger partial charge >= 0.3 is 5.69 Å². The molecule has 9 heteroatoms. The van der Waals surface area contributed by atoms with Crippen molar-refractivity contribution in [2.75, 3.05) is 6.54 Å². The number of sulfonamides is 1. The number of para-hydroxylation sites is 1. The van der Waals surface area contributed by atoms with Crippen LogP contribution in [0.25, 0.3) is 10.9 Å². The summed E-state index contributed by atoms with van der Waals surface area (Å²) in [6.45, 7) is 1.85. The Labute approximate surface area is 142 Å². The van der Waals surface area contributed by atoms with Gasteiger partial charge in [0.2, 0.25) is 0 Å². The number of hydrogen-bond acceptors (Lipinski definition) is 4. The third-order valence-corrected chi connectivity index (χ3v) is 6.52. The number of aromatic amines is 3. The fraction of sp³-hybridized carbons (Fsp3) is 0.250. The first-order valence-corrected chi connectivity index (χ1v) is 9.24. The molecule has 0 saturated carbocycles. The molecule has 0 unspecified atom stereocenters. The standard InChI is InChI=1S/C16H16N4O4S/c1-9-14(15(21)19-16(22)17-9)25(23,24)20-7-6-13-11(8-20)10-4-2-3-5-12(10)18-13/h2-5,18H,6-8H2,1H3,(H2,17,19,21,22). The van der Waals surface area contributed by atoms with Gasteiger partial charge in [0.25, 0.3) is 15.6 Å². The van der Waals surface area contributed by atoms with Crippen molar-refractivity contribution < 1.29 is 8.42 Å². The summed E-state index contributed by atoms with van der Waals surface area (Å²) >= 11 is 0. The van der Waals surface area contributed by atoms with Crippen molar-refractivity contribution in [3.8, 4) is 0 Å². The van der Waals surface area contributed by atoms with Gasteiger partial charge in [-0.15, -0.1) is 0 Å². The number of fused-ring (bicyclic) bond motifs is 3. The predicted octanol–water partition coefficient (Wildman–Crippen LogP) is 0.600. The van der Waals surface area contributed by atoms with Crippen LogP contribution in [-0.4, -0.2) is 34.2 Å². The van der Waals surface area contributed by atoms with Crippen molar-refractivity contribution in [3.05, 3.63) is 62.1 Å². The van der Waals surface area contributed by atoms with Gasteiger partial charge in [-0.1, -0.05) is 18.2 Å². The predicted molar refractivity (Wildman–Crippen MR) is 92.0 cm³/mol. The average molecular weight is 360 g/mol. The first kappa shape index (κ1) is 15.9. The molecule has 2 aromatic heterocycles. The Morgan fingerprint density at radius 1 is 1.08 bits per heavy atom. The van der Waals surface area contributed by atoms with Crippen molar-refractivity contribution in [2.45, 2.75) is 24.8 Å². The Bertz CT molecular complexity index is 1200. The molecule has 0 aliphatic carbocycles. The number of nitrogens with zero attached hydrogens (tertiary/aromatic N) is 1. The molecule has 130 valence electrons. The van der Waals surface area contributed by atoms with E-state index in [0.717, 1.165) is 22.2 Å². The first-order chi connectivity index (χ1) is 11.9. The van der Waals surface area contributed by atoms with E-state index in [1.165, 1.54) is 11.2 Å². The molecule has 25 heavy (non-hydrogen) atoms. The zero-order valence-corrected chi connectivity index (χ0v) is 14.2. The average Bonchev–Trinajstić information content (AvgIpc) is 2.91. The summed E-state index contributed by atoms with van der Waals surface area (Å²) in [5.41, 5.74) is 1.32. The summed E-state index contributed by atoms with van der Waals surface area (Å²) in [5, 5.41) is 0.976. The fourth-order valence-electron chi connectivity index (χ4n) is 3.38. The van der Waals surface area contributed by atoms with E-state index in [0.29, 0.717) is 6.42 Å². The molecule has 1 aliphatic heterocycles. The van der Waals surface area contributed by atoms with Gasteiger partial charge in [0, 0.05) is 41.8 Å². The molecule has 1 aliphatic rings. The fourth-order valence-corrected chi connectivity index (χ4v) is 4.99. The molecule has 0 spiro atoms. The van der Waals surface area contributed by atoms with Crippen LogP contribution in [0.15, 0.2) is 38.8 Å². The molecular weight excluding hydrogens is 344 g/mol. The van der Waals surface area contributed by atoms with Crippen molar-refractivity contribution in [2.24, 2.45) is 0 Å². The lowest BCUT2D eigenvalue weighted by atomic mass is 10.1. The number of aryl methyl sites for hydroxylation is 1. The zero-order chi connectivity index (χ0) is 17.8. The van der Waals surface area contributed by atoms with Crippen molar-refractivity contribution in [1.82, 2.24) is 19.3 Å². The maximum absolute atomic E-state index is 13.0. The van der Waals surface area contributed by atoms with Crippen LogP contribution in [0.4, 0.5) is 0 Å². The van der Waals surface area contributed by atoms with E-state index in [1.54, 1.807) is 0 Å². The van der Waals surface area contributed by atoms with E-state index in [2.05, 4.69) is 9.97 Å². The van der Waals surface area contributed by atoms with E-state index in [1.807, 2.05) is 29.2 Å². The minimum absolute atomic E-state index is 0.0403. The highest BCUT2D eigenvalue weighted by molar-refractivity contribution is 7.89. The third kappa shape index (κ3) is 2.43. The van der Waals surface area contributed by atoms with Crippen LogP contribution in [0.2, 0.25) is 0 Å². The SMILES string of the molecule is Cc1[nH]c(=O)[nH]c(=O)c1S(=O)(=O)N1CCc2[nH]c3ccccc3c2C1. The van der Waals surface area contributed by atoms with Crippen LogP contribution >= 0.6 is 0 Å². The number of benzene rings is 1. The monoisotopic (exact) mass is 360 g/mol. The van der Waals surface area contributed by atoms with Gasteiger partial charge in [0.1, 0.15) is 0 Å². The van der Waals surface area contributed by atoms with Gasteiger partial charge < -0.3 is 9.97 Å². The highest BCUT2D eigenvalue weighted by atomic mass is 32.2. The molecule has 0 atom stereocenters.